The van der Waals surface area contributed by atoms with Gasteiger partial charge in [-0.1, -0.05) is 30.3 Å². The van der Waals surface area contributed by atoms with Gasteiger partial charge in [-0.2, -0.15) is 5.48 Å². The van der Waals surface area contributed by atoms with Crippen LogP contribution in [-0.2, 0) is 11.3 Å². The molecule has 0 amide bonds. The molecule has 0 aliphatic rings. The van der Waals surface area contributed by atoms with Crippen LogP contribution in [0.5, 0.6) is 0 Å². The van der Waals surface area contributed by atoms with E-state index in [1.165, 1.54) is 5.56 Å². The monoisotopic (exact) mass is 237 g/mol. The SMILES string of the molecule is CONC(C)C(C)(O)CCCc1ccccc1. The van der Waals surface area contributed by atoms with Crippen LogP contribution in [0.1, 0.15) is 32.3 Å². The van der Waals surface area contributed by atoms with E-state index in [9.17, 15) is 5.11 Å². The Morgan fingerprint density at radius 3 is 2.59 bits per heavy atom. The van der Waals surface area contributed by atoms with Crippen LogP contribution in [0.25, 0.3) is 0 Å². The molecule has 2 unspecified atom stereocenters. The summed E-state index contributed by atoms with van der Waals surface area (Å²) in [5.41, 5.74) is 3.35. The molecule has 0 bridgehead atoms. The summed E-state index contributed by atoms with van der Waals surface area (Å²) >= 11 is 0. The molecule has 96 valence electrons. The largest absolute Gasteiger partial charge is 0.388 e. The highest BCUT2D eigenvalue weighted by Gasteiger charge is 2.27. The zero-order chi connectivity index (χ0) is 12.7. The number of benzene rings is 1. The van der Waals surface area contributed by atoms with Gasteiger partial charge < -0.3 is 9.94 Å². The van der Waals surface area contributed by atoms with Crippen LogP contribution < -0.4 is 5.48 Å². The first-order chi connectivity index (χ1) is 8.06. The first-order valence-corrected chi connectivity index (χ1v) is 6.11. The normalized spacial score (nSPS) is 16.5. The number of hydrogen-bond acceptors (Lipinski definition) is 3. The third-order valence-corrected chi connectivity index (χ3v) is 3.22. The maximum Gasteiger partial charge on any atom is 0.0792 e. The van der Waals surface area contributed by atoms with E-state index < -0.39 is 5.60 Å². The Labute approximate surface area is 104 Å². The molecule has 1 aromatic rings. The molecule has 0 saturated heterocycles. The third kappa shape index (κ3) is 4.86. The molecule has 0 saturated carbocycles. The number of rotatable bonds is 7. The maximum atomic E-state index is 10.2. The summed E-state index contributed by atoms with van der Waals surface area (Å²) in [6.07, 6.45) is 2.71. The van der Waals surface area contributed by atoms with Gasteiger partial charge in [0.05, 0.1) is 18.8 Å². The maximum absolute atomic E-state index is 10.2. The summed E-state index contributed by atoms with van der Waals surface area (Å²) in [5.74, 6) is 0. The summed E-state index contributed by atoms with van der Waals surface area (Å²) in [6.45, 7) is 3.76. The van der Waals surface area contributed by atoms with Gasteiger partial charge in [0.1, 0.15) is 0 Å². The summed E-state index contributed by atoms with van der Waals surface area (Å²) < 4.78 is 0. The van der Waals surface area contributed by atoms with Crippen molar-refractivity contribution in [1.29, 1.82) is 0 Å². The van der Waals surface area contributed by atoms with E-state index >= 15 is 0 Å². The van der Waals surface area contributed by atoms with E-state index in [2.05, 4.69) is 17.6 Å². The molecular weight excluding hydrogens is 214 g/mol. The minimum Gasteiger partial charge on any atom is -0.388 e. The van der Waals surface area contributed by atoms with Gasteiger partial charge in [-0.25, -0.2) is 0 Å². The second-order valence-electron chi connectivity index (χ2n) is 4.74. The van der Waals surface area contributed by atoms with Crippen molar-refractivity contribution in [1.82, 2.24) is 5.48 Å². The molecule has 0 radical (unpaired) electrons. The van der Waals surface area contributed by atoms with Crippen molar-refractivity contribution in [3.05, 3.63) is 35.9 Å². The van der Waals surface area contributed by atoms with Crippen LogP contribution in [0.15, 0.2) is 30.3 Å². The quantitative estimate of drug-likeness (QED) is 0.715. The Bertz CT molecular complexity index is 311. The number of hydrogen-bond donors (Lipinski definition) is 2. The molecule has 0 heterocycles. The molecule has 2 N–H and O–H groups in total. The van der Waals surface area contributed by atoms with Crippen LogP contribution in [0, 0.1) is 0 Å². The second-order valence-corrected chi connectivity index (χ2v) is 4.74. The summed E-state index contributed by atoms with van der Waals surface area (Å²) in [7, 11) is 1.57. The summed E-state index contributed by atoms with van der Waals surface area (Å²) in [5, 5.41) is 10.2. The van der Waals surface area contributed by atoms with E-state index in [1.807, 2.05) is 32.0 Å². The van der Waals surface area contributed by atoms with E-state index in [1.54, 1.807) is 7.11 Å². The molecule has 3 heteroatoms. The van der Waals surface area contributed by atoms with Crippen LogP contribution in [0.4, 0.5) is 0 Å². The van der Waals surface area contributed by atoms with E-state index in [-0.39, 0.29) is 6.04 Å². The highest BCUT2D eigenvalue weighted by Crippen LogP contribution is 2.18. The second kappa shape index (κ2) is 6.74. The predicted octanol–water partition coefficient (Wildman–Crippen LogP) is 2.30. The van der Waals surface area contributed by atoms with Crippen molar-refractivity contribution in [2.75, 3.05) is 7.11 Å². The molecule has 0 spiro atoms. The minimum absolute atomic E-state index is 0.0803. The first-order valence-electron chi connectivity index (χ1n) is 6.11. The van der Waals surface area contributed by atoms with Gasteiger partial charge in [0.2, 0.25) is 0 Å². The fourth-order valence-electron chi connectivity index (χ4n) is 1.82. The Morgan fingerprint density at radius 1 is 1.35 bits per heavy atom. The lowest BCUT2D eigenvalue weighted by Gasteiger charge is -2.30. The number of aliphatic hydroxyl groups is 1. The number of nitrogens with one attached hydrogen (secondary N) is 1. The third-order valence-electron chi connectivity index (χ3n) is 3.22. The predicted molar refractivity (Wildman–Crippen MR) is 69.6 cm³/mol. The standard InChI is InChI=1S/C14H23NO2/c1-12(15-17-3)14(2,16)11-7-10-13-8-5-4-6-9-13/h4-6,8-9,12,15-16H,7,10-11H2,1-3H3. The Morgan fingerprint density at radius 2 is 2.00 bits per heavy atom. The van der Waals surface area contributed by atoms with Gasteiger partial charge in [-0.3, -0.25) is 0 Å². The van der Waals surface area contributed by atoms with Gasteiger partial charge >= 0.3 is 0 Å². The summed E-state index contributed by atoms with van der Waals surface area (Å²) in [6, 6.07) is 10.3. The molecule has 0 aromatic heterocycles. The van der Waals surface area contributed by atoms with Crippen LogP contribution >= 0.6 is 0 Å². The molecule has 0 aliphatic heterocycles. The van der Waals surface area contributed by atoms with Gasteiger partial charge in [0.15, 0.2) is 0 Å². The highest BCUT2D eigenvalue weighted by molar-refractivity contribution is 5.14. The zero-order valence-electron chi connectivity index (χ0n) is 10.9. The topological polar surface area (TPSA) is 41.5 Å². The average molecular weight is 237 g/mol. The van der Waals surface area contributed by atoms with Crippen LogP contribution in [0.3, 0.4) is 0 Å². The molecule has 1 rings (SSSR count). The Hall–Kier alpha value is -0.900. The van der Waals surface area contributed by atoms with E-state index in [0.29, 0.717) is 0 Å². The molecular formula is C14H23NO2. The van der Waals surface area contributed by atoms with Gasteiger partial charge in [0.25, 0.3) is 0 Å². The molecule has 3 nitrogen and oxygen atoms in total. The number of aryl methyl sites for hydroxylation is 1. The summed E-state index contributed by atoms with van der Waals surface area (Å²) in [4.78, 5) is 4.84. The van der Waals surface area contributed by atoms with Gasteiger partial charge in [0, 0.05) is 0 Å². The lowest BCUT2D eigenvalue weighted by Crippen LogP contribution is -2.46. The van der Waals surface area contributed by atoms with E-state index in [0.717, 1.165) is 19.3 Å². The zero-order valence-corrected chi connectivity index (χ0v) is 10.9. The van der Waals surface area contributed by atoms with Crippen LogP contribution in [0.2, 0.25) is 0 Å². The molecule has 17 heavy (non-hydrogen) atoms. The van der Waals surface area contributed by atoms with Crippen LogP contribution in [-0.4, -0.2) is 23.9 Å². The molecule has 0 fully saturated rings. The van der Waals surface area contributed by atoms with Crippen molar-refractivity contribution < 1.29 is 9.94 Å². The van der Waals surface area contributed by atoms with Gasteiger partial charge in [-0.15, -0.1) is 0 Å². The first kappa shape index (κ1) is 14.2. The Balaban J connectivity index is 2.35. The average Bonchev–Trinajstić information content (AvgIpc) is 2.30. The highest BCUT2D eigenvalue weighted by atomic mass is 16.6. The molecule has 0 aliphatic carbocycles. The van der Waals surface area contributed by atoms with Crippen molar-refractivity contribution >= 4 is 0 Å². The Kier molecular flexibility index (Phi) is 5.62. The lowest BCUT2D eigenvalue weighted by atomic mass is 9.91. The fourth-order valence-corrected chi connectivity index (χ4v) is 1.82. The molecule has 2 atom stereocenters. The molecule has 1 aromatic carbocycles. The van der Waals surface area contributed by atoms with Crippen molar-refractivity contribution in [3.63, 3.8) is 0 Å². The van der Waals surface area contributed by atoms with Crippen molar-refractivity contribution in [2.24, 2.45) is 0 Å². The van der Waals surface area contributed by atoms with Crippen molar-refractivity contribution in [3.8, 4) is 0 Å². The van der Waals surface area contributed by atoms with Gasteiger partial charge in [-0.05, 0) is 38.7 Å². The smallest absolute Gasteiger partial charge is 0.0792 e. The number of hydroxylamine groups is 1. The lowest BCUT2D eigenvalue weighted by molar-refractivity contribution is -0.0474. The van der Waals surface area contributed by atoms with Crippen molar-refractivity contribution in [2.45, 2.75) is 44.8 Å². The van der Waals surface area contributed by atoms with E-state index in [4.69, 9.17) is 4.84 Å². The fraction of sp³-hybridized carbons (Fsp3) is 0.571. The minimum atomic E-state index is -0.745.